The summed E-state index contributed by atoms with van der Waals surface area (Å²) in [7, 11) is -4.17. The minimum absolute atomic E-state index is 0.0480. The highest BCUT2D eigenvalue weighted by Crippen LogP contribution is 2.55. The molecule has 8 heteroatoms. The SMILES string of the molecule is CCCCOP(=O)(O)C(NC(=O)OCc1ccccc1)c1ccc(Cl)cc1. The highest BCUT2D eigenvalue weighted by Gasteiger charge is 2.35. The zero-order chi connectivity index (χ0) is 19.7. The minimum Gasteiger partial charge on any atom is -0.445 e. The lowest BCUT2D eigenvalue weighted by atomic mass is 10.2. The Morgan fingerprint density at radius 2 is 1.85 bits per heavy atom. The van der Waals surface area contributed by atoms with Crippen LogP contribution in [-0.4, -0.2) is 17.6 Å². The van der Waals surface area contributed by atoms with Gasteiger partial charge in [-0.25, -0.2) is 4.79 Å². The predicted molar refractivity (Wildman–Crippen MR) is 105 cm³/mol. The monoisotopic (exact) mass is 411 g/mol. The molecule has 2 unspecified atom stereocenters. The number of benzene rings is 2. The standard InChI is InChI=1S/C19H23ClNO5P/c1-2-3-13-26-27(23,24)18(16-9-11-17(20)12-10-16)21-19(22)25-14-15-7-5-4-6-8-15/h4-12,18H,2-3,13-14H2,1H3,(H,21,22)(H,23,24). The van der Waals surface area contributed by atoms with E-state index in [2.05, 4.69) is 5.32 Å². The molecule has 0 fully saturated rings. The van der Waals surface area contributed by atoms with E-state index in [0.717, 1.165) is 12.0 Å². The molecule has 0 aliphatic rings. The lowest BCUT2D eigenvalue weighted by molar-refractivity contribution is 0.136. The highest BCUT2D eigenvalue weighted by atomic mass is 35.5. The lowest BCUT2D eigenvalue weighted by Gasteiger charge is -2.24. The van der Waals surface area contributed by atoms with Gasteiger partial charge < -0.3 is 19.5 Å². The van der Waals surface area contributed by atoms with Gasteiger partial charge in [0.2, 0.25) is 0 Å². The van der Waals surface area contributed by atoms with Gasteiger partial charge in [0.1, 0.15) is 6.61 Å². The van der Waals surface area contributed by atoms with Crippen molar-refractivity contribution in [1.82, 2.24) is 5.32 Å². The topological polar surface area (TPSA) is 84.9 Å². The molecule has 1 amide bonds. The van der Waals surface area contributed by atoms with Crippen LogP contribution in [0.5, 0.6) is 0 Å². The maximum absolute atomic E-state index is 12.7. The van der Waals surface area contributed by atoms with Crippen LogP contribution < -0.4 is 5.32 Å². The molecule has 6 nitrogen and oxygen atoms in total. The zero-order valence-electron chi connectivity index (χ0n) is 15.0. The number of ether oxygens (including phenoxy) is 1. The molecule has 0 saturated heterocycles. The number of alkyl carbamates (subject to hydrolysis) is 1. The van der Waals surface area contributed by atoms with Crippen LogP contribution in [0.15, 0.2) is 54.6 Å². The Kier molecular flexibility index (Phi) is 8.32. The third-order valence-electron chi connectivity index (χ3n) is 3.75. The Balaban J connectivity index is 2.10. The summed E-state index contributed by atoms with van der Waals surface area (Å²) in [6, 6.07) is 15.4. The Bertz CT molecular complexity index is 769. The van der Waals surface area contributed by atoms with Crippen LogP contribution in [0.4, 0.5) is 4.79 Å². The molecule has 2 aromatic rings. The summed E-state index contributed by atoms with van der Waals surface area (Å²) >= 11 is 5.88. The summed E-state index contributed by atoms with van der Waals surface area (Å²) in [6.45, 7) is 2.11. The van der Waals surface area contributed by atoms with E-state index in [0.29, 0.717) is 17.0 Å². The van der Waals surface area contributed by atoms with E-state index in [1.165, 1.54) is 0 Å². The first-order valence-corrected chi connectivity index (χ1v) is 10.6. The summed E-state index contributed by atoms with van der Waals surface area (Å²) in [5, 5.41) is 2.92. The number of nitrogens with one attached hydrogen (secondary N) is 1. The van der Waals surface area contributed by atoms with Gasteiger partial charge in [-0.1, -0.05) is 67.4 Å². The van der Waals surface area contributed by atoms with Crippen molar-refractivity contribution in [3.05, 3.63) is 70.7 Å². The summed E-state index contributed by atoms with van der Waals surface area (Å²) in [4.78, 5) is 22.6. The third-order valence-corrected chi connectivity index (χ3v) is 5.64. The van der Waals surface area contributed by atoms with Gasteiger partial charge in [0.05, 0.1) is 6.61 Å². The van der Waals surface area contributed by atoms with Crippen LogP contribution in [0.2, 0.25) is 5.02 Å². The van der Waals surface area contributed by atoms with Crippen LogP contribution in [0.3, 0.4) is 0 Å². The molecule has 0 saturated carbocycles. The van der Waals surface area contributed by atoms with Gasteiger partial charge in [-0.2, -0.15) is 0 Å². The molecule has 2 rings (SSSR count). The summed E-state index contributed by atoms with van der Waals surface area (Å²) in [5.74, 6) is -1.25. The molecule has 0 aromatic heterocycles. The van der Waals surface area contributed by atoms with Gasteiger partial charge in [-0.3, -0.25) is 4.57 Å². The second kappa shape index (κ2) is 10.5. The van der Waals surface area contributed by atoms with Gasteiger partial charge in [0, 0.05) is 5.02 Å². The summed E-state index contributed by atoms with van der Waals surface area (Å²) in [5.41, 5.74) is 1.21. The number of hydrogen-bond donors (Lipinski definition) is 2. The molecular weight excluding hydrogens is 389 g/mol. The summed E-state index contributed by atoms with van der Waals surface area (Å²) in [6.07, 6.45) is 0.640. The molecule has 0 radical (unpaired) electrons. The molecule has 2 N–H and O–H groups in total. The van der Waals surface area contributed by atoms with Gasteiger partial charge >= 0.3 is 13.7 Å². The Hall–Kier alpha value is -1.85. The maximum Gasteiger partial charge on any atom is 0.408 e. The van der Waals surface area contributed by atoms with E-state index in [4.69, 9.17) is 20.9 Å². The van der Waals surface area contributed by atoms with E-state index < -0.39 is 19.5 Å². The molecule has 0 spiro atoms. The van der Waals surface area contributed by atoms with Crippen molar-refractivity contribution in [2.24, 2.45) is 0 Å². The van der Waals surface area contributed by atoms with Gasteiger partial charge in [0.25, 0.3) is 0 Å². The first kappa shape index (κ1) is 21.5. The Morgan fingerprint density at radius 3 is 2.48 bits per heavy atom. The van der Waals surface area contributed by atoms with Crippen molar-refractivity contribution in [2.45, 2.75) is 32.2 Å². The van der Waals surface area contributed by atoms with Crippen LogP contribution in [-0.2, 0) is 20.4 Å². The number of rotatable bonds is 9. The number of hydrogen-bond acceptors (Lipinski definition) is 4. The van der Waals surface area contributed by atoms with Crippen LogP contribution in [0.1, 0.15) is 36.7 Å². The number of halogens is 1. The normalized spacial score (nSPS) is 14.2. The third kappa shape index (κ3) is 7.00. The Labute approximate surface area is 164 Å². The number of amides is 1. The molecule has 2 aromatic carbocycles. The van der Waals surface area contributed by atoms with E-state index in [1.807, 2.05) is 37.3 Å². The highest BCUT2D eigenvalue weighted by molar-refractivity contribution is 7.53. The van der Waals surface area contributed by atoms with E-state index >= 15 is 0 Å². The van der Waals surface area contributed by atoms with Crippen LogP contribution in [0, 0.1) is 0 Å². The largest absolute Gasteiger partial charge is 0.445 e. The minimum atomic E-state index is -4.17. The fourth-order valence-electron chi connectivity index (χ4n) is 2.29. The first-order chi connectivity index (χ1) is 12.9. The quantitative estimate of drug-likeness (QED) is 0.434. The van der Waals surface area contributed by atoms with Crippen LogP contribution in [0.25, 0.3) is 0 Å². The van der Waals surface area contributed by atoms with Crippen molar-refractivity contribution in [2.75, 3.05) is 6.61 Å². The number of carbonyl (C=O) groups is 1. The second-order valence-corrected chi connectivity index (χ2v) is 8.25. The van der Waals surface area contributed by atoms with Gasteiger partial charge in [-0.15, -0.1) is 0 Å². The van der Waals surface area contributed by atoms with Crippen molar-refractivity contribution in [3.63, 3.8) is 0 Å². The zero-order valence-corrected chi connectivity index (χ0v) is 16.7. The Morgan fingerprint density at radius 1 is 1.19 bits per heavy atom. The second-order valence-electron chi connectivity index (χ2n) is 5.91. The molecule has 0 aliphatic heterocycles. The fourth-order valence-corrected chi connectivity index (χ4v) is 3.77. The van der Waals surface area contributed by atoms with Crippen LogP contribution >= 0.6 is 19.2 Å². The van der Waals surface area contributed by atoms with E-state index in [9.17, 15) is 14.3 Å². The smallest absolute Gasteiger partial charge is 0.408 e. The predicted octanol–water partition coefficient (Wildman–Crippen LogP) is 5.27. The van der Waals surface area contributed by atoms with Gasteiger partial charge in [0.15, 0.2) is 5.78 Å². The first-order valence-electron chi connectivity index (χ1n) is 8.62. The molecule has 27 heavy (non-hydrogen) atoms. The van der Waals surface area contributed by atoms with E-state index in [1.54, 1.807) is 24.3 Å². The van der Waals surface area contributed by atoms with Crippen molar-refractivity contribution >= 4 is 25.3 Å². The lowest BCUT2D eigenvalue weighted by Crippen LogP contribution is -2.29. The number of carbonyl (C=O) groups excluding carboxylic acids is 1. The van der Waals surface area contributed by atoms with Gasteiger partial charge in [-0.05, 0) is 29.7 Å². The fraction of sp³-hybridized carbons (Fsp3) is 0.316. The average molecular weight is 412 g/mol. The molecule has 0 bridgehead atoms. The molecule has 2 atom stereocenters. The molecule has 0 heterocycles. The van der Waals surface area contributed by atoms with Crippen molar-refractivity contribution in [3.8, 4) is 0 Å². The summed E-state index contributed by atoms with van der Waals surface area (Å²) < 4.78 is 23.1. The van der Waals surface area contributed by atoms with Crippen molar-refractivity contribution in [1.29, 1.82) is 0 Å². The number of unbranched alkanes of at least 4 members (excludes halogenated alkanes) is 1. The molecular formula is C19H23ClNO5P. The van der Waals surface area contributed by atoms with Crippen molar-refractivity contribution < 1.29 is 23.5 Å². The van der Waals surface area contributed by atoms with E-state index in [-0.39, 0.29) is 13.2 Å². The molecule has 0 aliphatic carbocycles. The molecule has 146 valence electrons. The maximum atomic E-state index is 12.7. The average Bonchev–Trinajstić information content (AvgIpc) is 2.66.